The van der Waals surface area contributed by atoms with Gasteiger partial charge < -0.3 is 0 Å². The molecule has 0 radical (unpaired) electrons. The molecule has 0 aliphatic heterocycles. The highest BCUT2D eigenvalue weighted by molar-refractivity contribution is 8.01. The van der Waals surface area contributed by atoms with Gasteiger partial charge in [-0.15, -0.1) is 11.3 Å². The van der Waals surface area contributed by atoms with Crippen molar-refractivity contribution in [3.8, 4) is 0 Å². The first-order valence-electron chi connectivity index (χ1n) is 7.52. The molecule has 0 unspecified atom stereocenters. The van der Waals surface area contributed by atoms with E-state index in [4.69, 9.17) is 0 Å². The predicted molar refractivity (Wildman–Crippen MR) is 103 cm³/mol. The maximum atomic E-state index is 12.7. The molecule has 1 heterocycles. The second-order valence-corrected chi connectivity index (χ2v) is 9.69. The molecule has 24 heavy (non-hydrogen) atoms. The lowest BCUT2D eigenvalue weighted by Crippen LogP contribution is -2.13. The van der Waals surface area contributed by atoms with Crippen LogP contribution in [-0.2, 0) is 10.0 Å². The molecular formula is C17H18N2O2S3. The van der Waals surface area contributed by atoms with Gasteiger partial charge in [-0.25, -0.2) is 13.4 Å². The van der Waals surface area contributed by atoms with Crippen LogP contribution in [-0.4, -0.2) is 19.2 Å². The number of aryl methyl sites for hydroxylation is 2. The van der Waals surface area contributed by atoms with Crippen molar-refractivity contribution in [3.63, 3.8) is 0 Å². The Morgan fingerprint density at radius 3 is 2.67 bits per heavy atom. The zero-order valence-electron chi connectivity index (χ0n) is 13.7. The standard InChI is InChI=1S/C17H18N2O2S3/c1-4-22-17-18-15-8-6-13(10-16(15)23-17)24(20,21)19-14-7-5-11(2)9-12(14)3/h5-10,19H,4H2,1-3H3. The summed E-state index contributed by atoms with van der Waals surface area (Å²) in [6.07, 6.45) is 0. The van der Waals surface area contributed by atoms with Crippen molar-refractivity contribution in [3.05, 3.63) is 47.5 Å². The zero-order chi connectivity index (χ0) is 17.3. The van der Waals surface area contributed by atoms with E-state index in [0.717, 1.165) is 31.4 Å². The maximum absolute atomic E-state index is 12.7. The molecule has 2 aromatic carbocycles. The molecule has 0 saturated heterocycles. The monoisotopic (exact) mass is 378 g/mol. The summed E-state index contributed by atoms with van der Waals surface area (Å²) in [5, 5.41) is 0. The normalized spacial score (nSPS) is 11.8. The Bertz CT molecular complexity index is 994. The Morgan fingerprint density at radius 2 is 1.96 bits per heavy atom. The van der Waals surface area contributed by atoms with Gasteiger partial charge in [-0.05, 0) is 49.4 Å². The summed E-state index contributed by atoms with van der Waals surface area (Å²) in [7, 11) is -3.62. The lowest BCUT2D eigenvalue weighted by atomic mass is 10.1. The summed E-state index contributed by atoms with van der Waals surface area (Å²) in [5.41, 5.74) is 3.44. The number of rotatable bonds is 5. The fourth-order valence-corrected chi connectivity index (χ4v) is 5.60. The number of nitrogens with one attached hydrogen (secondary N) is 1. The van der Waals surface area contributed by atoms with Gasteiger partial charge in [0.1, 0.15) is 0 Å². The molecule has 0 spiro atoms. The van der Waals surface area contributed by atoms with Crippen molar-refractivity contribution in [2.75, 3.05) is 10.5 Å². The van der Waals surface area contributed by atoms with Crippen LogP contribution in [0, 0.1) is 13.8 Å². The summed E-state index contributed by atoms with van der Waals surface area (Å²) in [5.74, 6) is 0.944. The molecule has 3 aromatic rings. The van der Waals surface area contributed by atoms with E-state index in [1.54, 1.807) is 36.0 Å². The van der Waals surface area contributed by atoms with Gasteiger partial charge in [0, 0.05) is 0 Å². The van der Waals surface area contributed by atoms with E-state index >= 15 is 0 Å². The van der Waals surface area contributed by atoms with E-state index < -0.39 is 10.0 Å². The molecule has 0 fully saturated rings. The summed E-state index contributed by atoms with van der Waals surface area (Å²) < 4.78 is 29.9. The van der Waals surface area contributed by atoms with E-state index in [-0.39, 0.29) is 4.90 Å². The molecule has 0 aliphatic carbocycles. The minimum Gasteiger partial charge on any atom is -0.279 e. The molecule has 0 amide bonds. The SMILES string of the molecule is CCSc1nc2ccc(S(=O)(=O)Nc3ccc(C)cc3C)cc2s1. The van der Waals surface area contributed by atoms with Crippen LogP contribution in [0.15, 0.2) is 45.6 Å². The quantitative estimate of drug-likeness (QED) is 0.646. The predicted octanol–water partition coefficient (Wildman–Crippen LogP) is 4.83. The van der Waals surface area contributed by atoms with E-state index in [1.165, 1.54) is 11.3 Å². The lowest BCUT2D eigenvalue weighted by Gasteiger charge is -2.11. The van der Waals surface area contributed by atoms with Crippen LogP contribution in [0.5, 0.6) is 0 Å². The molecule has 7 heteroatoms. The number of hydrogen-bond acceptors (Lipinski definition) is 5. The smallest absolute Gasteiger partial charge is 0.261 e. The summed E-state index contributed by atoms with van der Waals surface area (Å²) in [6, 6.07) is 10.7. The van der Waals surface area contributed by atoms with Crippen LogP contribution in [0.4, 0.5) is 5.69 Å². The maximum Gasteiger partial charge on any atom is 0.261 e. The second-order valence-electron chi connectivity index (χ2n) is 5.47. The number of thiazole rings is 1. The number of anilines is 1. The van der Waals surface area contributed by atoms with Gasteiger partial charge in [-0.1, -0.05) is 36.4 Å². The molecule has 4 nitrogen and oxygen atoms in total. The average molecular weight is 379 g/mol. The summed E-state index contributed by atoms with van der Waals surface area (Å²) in [4.78, 5) is 4.76. The van der Waals surface area contributed by atoms with Crippen molar-refractivity contribution in [2.24, 2.45) is 0 Å². The number of benzene rings is 2. The van der Waals surface area contributed by atoms with Crippen LogP contribution in [0.1, 0.15) is 18.1 Å². The Balaban J connectivity index is 1.95. The van der Waals surface area contributed by atoms with Crippen LogP contribution in [0.25, 0.3) is 10.2 Å². The topological polar surface area (TPSA) is 59.1 Å². The molecule has 0 bridgehead atoms. The van der Waals surface area contributed by atoms with Crippen LogP contribution >= 0.6 is 23.1 Å². The molecule has 1 aromatic heterocycles. The number of fused-ring (bicyclic) bond motifs is 1. The molecule has 0 saturated carbocycles. The highest BCUT2D eigenvalue weighted by Gasteiger charge is 2.17. The minimum absolute atomic E-state index is 0.256. The van der Waals surface area contributed by atoms with E-state index in [1.807, 2.05) is 26.0 Å². The minimum atomic E-state index is -3.62. The van der Waals surface area contributed by atoms with Crippen LogP contribution in [0.2, 0.25) is 0 Å². The van der Waals surface area contributed by atoms with Crippen molar-refractivity contribution in [1.29, 1.82) is 0 Å². The largest absolute Gasteiger partial charge is 0.279 e. The molecule has 3 rings (SSSR count). The average Bonchev–Trinajstić information content (AvgIpc) is 2.92. The number of thioether (sulfide) groups is 1. The van der Waals surface area contributed by atoms with Crippen molar-refractivity contribution >= 4 is 49.0 Å². The van der Waals surface area contributed by atoms with Crippen molar-refractivity contribution < 1.29 is 8.42 Å². The molecular weight excluding hydrogens is 360 g/mol. The number of aromatic nitrogens is 1. The number of sulfonamides is 1. The third kappa shape index (κ3) is 3.58. The molecule has 0 aliphatic rings. The first kappa shape index (κ1) is 17.3. The highest BCUT2D eigenvalue weighted by atomic mass is 32.2. The molecule has 1 N–H and O–H groups in total. The third-order valence-electron chi connectivity index (χ3n) is 3.54. The Kier molecular flexibility index (Phi) is 4.85. The molecule has 126 valence electrons. The number of nitrogens with zero attached hydrogens (tertiary/aromatic N) is 1. The van der Waals surface area contributed by atoms with E-state index in [2.05, 4.69) is 16.6 Å². The van der Waals surface area contributed by atoms with Gasteiger partial charge in [0.2, 0.25) is 0 Å². The zero-order valence-corrected chi connectivity index (χ0v) is 16.1. The van der Waals surface area contributed by atoms with E-state index in [0.29, 0.717) is 5.69 Å². The van der Waals surface area contributed by atoms with E-state index in [9.17, 15) is 8.42 Å². The van der Waals surface area contributed by atoms with Gasteiger partial charge >= 0.3 is 0 Å². The Hall–Kier alpha value is -1.57. The van der Waals surface area contributed by atoms with Gasteiger partial charge in [0.25, 0.3) is 10.0 Å². The summed E-state index contributed by atoms with van der Waals surface area (Å²) >= 11 is 3.19. The van der Waals surface area contributed by atoms with Gasteiger partial charge in [0.15, 0.2) is 4.34 Å². The van der Waals surface area contributed by atoms with Crippen molar-refractivity contribution in [2.45, 2.75) is 30.0 Å². The first-order chi connectivity index (χ1) is 11.4. The number of hydrogen-bond donors (Lipinski definition) is 1. The molecule has 0 atom stereocenters. The first-order valence-corrected chi connectivity index (χ1v) is 10.8. The van der Waals surface area contributed by atoms with Gasteiger partial charge in [-0.2, -0.15) is 0 Å². The third-order valence-corrected chi connectivity index (χ3v) is 6.95. The Morgan fingerprint density at radius 1 is 1.17 bits per heavy atom. The fraction of sp³-hybridized carbons (Fsp3) is 0.235. The van der Waals surface area contributed by atoms with Crippen molar-refractivity contribution in [1.82, 2.24) is 4.98 Å². The van der Waals surface area contributed by atoms with Crippen LogP contribution in [0.3, 0.4) is 0 Å². The Labute approximate surface area is 150 Å². The van der Waals surface area contributed by atoms with Crippen LogP contribution < -0.4 is 4.72 Å². The highest BCUT2D eigenvalue weighted by Crippen LogP contribution is 2.31. The fourth-order valence-electron chi connectivity index (χ4n) is 2.37. The van der Waals surface area contributed by atoms with Gasteiger partial charge in [-0.3, -0.25) is 4.72 Å². The van der Waals surface area contributed by atoms with Gasteiger partial charge in [0.05, 0.1) is 20.8 Å². The summed E-state index contributed by atoms with van der Waals surface area (Å²) in [6.45, 7) is 5.95. The second kappa shape index (κ2) is 6.74. The lowest BCUT2D eigenvalue weighted by molar-refractivity contribution is 0.601.